The van der Waals surface area contributed by atoms with Crippen LogP contribution in [0.5, 0.6) is 5.75 Å². The van der Waals surface area contributed by atoms with Gasteiger partial charge in [0.1, 0.15) is 5.75 Å². The monoisotopic (exact) mass is 383 g/mol. The maximum Gasteiger partial charge on any atom is 0.573 e. The minimum atomic E-state index is -4.77. The molecule has 1 aliphatic rings. The number of alkyl halides is 3. The number of para-hydroxylation sites is 1. The fourth-order valence-corrected chi connectivity index (χ4v) is 3.14. The molecule has 2 atom stereocenters. The first-order chi connectivity index (χ1) is 11.2. The minimum absolute atomic E-state index is 0. The van der Waals surface area contributed by atoms with E-state index < -0.39 is 18.1 Å². The van der Waals surface area contributed by atoms with Crippen LogP contribution in [0.15, 0.2) is 24.3 Å². The topological polar surface area (TPSA) is 50.7 Å². The van der Waals surface area contributed by atoms with Crippen LogP contribution in [0, 0.1) is 5.92 Å². The van der Waals surface area contributed by atoms with Crippen molar-refractivity contribution in [1.82, 2.24) is 5.32 Å². The number of halogens is 4. The number of benzene rings is 1. The molecule has 1 aliphatic heterocycles. The molecule has 0 saturated carbocycles. The van der Waals surface area contributed by atoms with Gasteiger partial charge in [0.2, 0.25) is 0 Å². The predicted molar refractivity (Wildman–Crippen MR) is 91.1 cm³/mol. The summed E-state index contributed by atoms with van der Waals surface area (Å²) in [4.78, 5) is 0. The van der Waals surface area contributed by atoms with Crippen molar-refractivity contribution in [2.45, 2.75) is 44.8 Å². The molecule has 0 spiro atoms. The molecular formula is C17H25ClF3NO3. The van der Waals surface area contributed by atoms with Crippen LogP contribution in [0.3, 0.4) is 0 Å². The molecule has 1 fully saturated rings. The van der Waals surface area contributed by atoms with Gasteiger partial charge in [0.15, 0.2) is 0 Å². The van der Waals surface area contributed by atoms with Gasteiger partial charge in [-0.15, -0.1) is 25.6 Å². The lowest BCUT2D eigenvalue weighted by molar-refractivity contribution is -0.275. The molecule has 25 heavy (non-hydrogen) atoms. The fraction of sp³-hybridized carbons (Fsp3) is 0.647. The minimum Gasteiger partial charge on any atom is -0.406 e. The lowest BCUT2D eigenvalue weighted by Gasteiger charge is -2.40. The van der Waals surface area contributed by atoms with Gasteiger partial charge in [-0.1, -0.05) is 32.0 Å². The molecule has 4 nitrogen and oxygen atoms in total. The van der Waals surface area contributed by atoms with Crippen molar-refractivity contribution in [3.63, 3.8) is 0 Å². The van der Waals surface area contributed by atoms with Gasteiger partial charge >= 0.3 is 6.36 Å². The van der Waals surface area contributed by atoms with Gasteiger partial charge in [0, 0.05) is 19.5 Å². The highest BCUT2D eigenvalue weighted by molar-refractivity contribution is 5.85. The number of nitrogens with one attached hydrogen (secondary N) is 1. The SMILES string of the molecule is CC(C)CC(O)(Cc1ccccc1OC(F)(F)F)C1CNCCO1.Cl. The van der Waals surface area contributed by atoms with Crippen molar-refractivity contribution >= 4 is 12.4 Å². The van der Waals surface area contributed by atoms with E-state index in [0.29, 0.717) is 31.7 Å². The molecule has 144 valence electrons. The molecule has 2 unspecified atom stereocenters. The van der Waals surface area contributed by atoms with Crippen LogP contribution < -0.4 is 10.1 Å². The number of hydrogen-bond donors (Lipinski definition) is 2. The number of morpholine rings is 1. The van der Waals surface area contributed by atoms with E-state index in [1.165, 1.54) is 12.1 Å². The van der Waals surface area contributed by atoms with E-state index in [1.54, 1.807) is 12.1 Å². The zero-order chi connectivity index (χ0) is 17.8. The molecule has 8 heteroatoms. The second-order valence-electron chi connectivity index (χ2n) is 6.60. The van der Waals surface area contributed by atoms with E-state index in [2.05, 4.69) is 10.1 Å². The standard InChI is InChI=1S/C17H24F3NO3.ClH/c1-12(2)9-16(22,15-11-21-7-8-23-15)10-13-5-3-4-6-14(13)24-17(18,19)20;/h3-6,12,15,21-22H,7-11H2,1-2H3;1H. The Kier molecular flexibility index (Phi) is 7.99. The van der Waals surface area contributed by atoms with Crippen molar-refractivity contribution in [2.24, 2.45) is 5.92 Å². The first kappa shape index (κ1) is 22.0. The van der Waals surface area contributed by atoms with Crippen LogP contribution in [-0.2, 0) is 11.2 Å². The van der Waals surface area contributed by atoms with E-state index in [9.17, 15) is 18.3 Å². The third-order valence-corrected chi connectivity index (χ3v) is 3.98. The first-order valence-electron chi connectivity index (χ1n) is 8.08. The van der Waals surface area contributed by atoms with Crippen molar-refractivity contribution < 1.29 is 27.8 Å². The molecule has 2 rings (SSSR count). The highest BCUT2D eigenvalue weighted by atomic mass is 35.5. The molecule has 1 aromatic carbocycles. The summed E-state index contributed by atoms with van der Waals surface area (Å²) in [5.74, 6) is -0.118. The summed E-state index contributed by atoms with van der Waals surface area (Å²) < 4.78 is 47.6. The zero-order valence-corrected chi connectivity index (χ0v) is 15.1. The first-order valence-corrected chi connectivity index (χ1v) is 8.08. The quantitative estimate of drug-likeness (QED) is 0.791. The Balaban J connectivity index is 0.00000312. The van der Waals surface area contributed by atoms with Crippen LogP contribution in [-0.4, -0.2) is 42.9 Å². The summed E-state index contributed by atoms with van der Waals surface area (Å²) in [6.07, 6.45) is -4.80. The van der Waals surface area contributed by atoms with E-state index in [-0.39, 0.29) is 30.5 Å². The normalized spacial score (nSPS) is 20.7. The van der Waals surface area contributed by atoms with Crippen molar-refractivity contribution in [1.29, 1.82) is 0 Å². The number of hydrogen-bond acceptors (Lipinski definition) is 4. The van der Waals surface area contributed by atoms with Crippen LogP contribution >= 0.6 is 12.4 Å². The van der Waals surface area contributed by atoms with E-state index in [1.807, 2.05) is 13.8 Å². The Hall–Kier alpha value is -1.02. The summed E-state index contributed by atoms with van der Waals surface area (Å²) in [6, 6.07) is 5.92. The third-order valence-electron chi connectivity index (χ3n) is 3.98. The highest BCUT2D eigenvalue weighted by Crippen LogP contribution is 2.33. The molecule has 0 radical (unpaired) electrons. The molecule has 2 N–H and O–H groups in total. The molecular weight excluding hydrogens is 359 g/mol. The Bertz CT molecular complexity index is 536. The van der Waals surface area contributed by atoms with Gasteiger partial charge < -0.3 is 19.9 Å². The molecule has 1 saturated heterocycles. The summed E-state index contributed by atoms with van der Waals surface area (Å²) in [7, 11) is 0. The molecule has 1 heterocycles. The maximum absolute atomic E-state index is 12.6. The Morgan fingerprint density at radius 1 is 1.32 bits per heavy atom. The fourth-order valence-electron chi connectivity index (χ4n) is 3.14. The Morgan fingerprint density at radius 2 is 2.00 bits per heavy atom. The van der Waals surface area contributed by atoms with E-state index >= 15 is 0 Å². The van der Waals surface area contributed by atoms with Crippen molar-refractivity contribution in [3.05, 3.63) is 29.8 Å². The number of ether oxygens (including phenoxy) is 2. The molecule has 0 aliphatic carbocycles. The van der Waals surface area contributed by atoms with Gasteiger partial charge in [-0.2, -0.15) is 0 Å². The summed E-state index contributed by atoms with van der Waals surface area (Å²) in [5.41, 5.74) is -0.959. The van der Waals surface area contributed by atoms with Gasteiger partial charge in [-0.05, 0) is 24.0 Å². The van der Waals surface area contributed by atoms with Gasteiger partial charge in [-0.25, -0.2) is 0 Å². The predicted octanol–water partition coefficient (Wildman–Crippen LogP) is 3.32. The Morgan fingerprint density at radius 3 is 2.56 bits per heavy atom. The van der Waals surface area contributed by atoms with Crippen LogP contribution in [0.25, 0.3) is 0 Å². The number of aliphatic hydroxyl groups is 1. The summed E-state index contributed by atoms with van der Waals surface area (Å²) >= 11 is 0. The smallest absolute Gasteiger partial charge is 0.406 e. The second-order valence-corrected chi connectivity index (χ2v) is 6.60. The largest absolute Gasteiger partial charge is 0.573 e. The van der Waals surface area contributed by atoms with Crippen molar-refractivity contribution in [2.75, 3.05) is 19.7 Å². The summed E-state index contributed by atoms with van der Waals surface area (Å²) in [6.45, 7) is 5.54. The molecule has 1 aromatic rings. The average Bonchev–Trinajstić information content (AvgIpc) is 2.48. The van der Waals surface area contributed by atoms with Crippen LogP contribution in [0.4, 0.5) is 13.2 Å². The summed E-state index contributed by atoms with van der Waals surface area (Å²) in [5, 5.41) is 14.3. The second kappa shape index (κ2) is 9.07. The molecule has 0 aromatic heterocycles. The van der Waals surface area contributed by atoms with Gasteiger partial charge in [0.05, 0.1) is 18.3 Å². The molecule has 0 amide bonds. The lowest BCUT2D eigenvalue weighted by Crippen LogP contribution is -2.55. The molecule has 0 bridgehead atoms. The van der Waals surface area contributed by atoms with E-state index in [0.717, 1.165) is 0 Å². The Labute approximate surface area is 152 Å². The zero-order valence-electron chi connectivity index (χ0n) is 14.3. The van der Waals surface area contributed by atoms with Crippen LogP contribution in [0.2, 0.25) is 0 Å². The van der Waals surface area contributed by atoms with E-state index in [4.69, 9.17) is 4.74 Å². The third kappa shape index (κ3) is 6.66. The van der Waals surface area contributed by atoms with Gasteiger partial charge in [0.25, 0.3) is 0 Å². The highest BCUT2D eigenvalue weighted by Gasteiger charge is 2.40. The average molecular weight is 384 g/mol. The maximum atomic E-state index is 12.6. The van der Waals surface area contributed by atoms with Crippen LogP contribution in [0.1, 0.15) is 25.8 Å². The number of rotatable bonds is 6. The lowest BCUT2D eigenvalue weighted by atomic mass is 9.81. The van der Waals surface area contributed by atoms with Crippen molar-refractivity contribution in [3.8, 4) is 5.75 Å². The van der Waals surface area contributed by atoms with Gasteiger partial charge in [-0.3, -0.25) is 0 Å².